The minimum atomic E-state index is -1.41. The highest BCUT2D eigenvalue weighted by Gasteiger charge is 2.20. The number of ether oxygens (including phenoxy) is 2. The quantitative estimate of drug-likeness (QED) is 0.699. The second-order valence-electron chi connectivity index (χ2n) is 7.09. The Morgan fingerprint density at radius 1 is 0.957 bits per heavy atom. The summed E-state index contributed by atoms with van der Waals surface area (Å²) in [5.74, 6) is -1.41. The second kappa shape index (κ2) is 8.59. The summed E-state index contributed by atoms with van der Waals surface area (Å²) < 4.78 is 10.0. The Balaban J connectivity index is 4.19. The van der Waals surface area contributed by atoms with Crippen molar-refractivity contribution < 1.29 is 29.0 Å². The standard InChI is InChI=1S/C15H28N2O6/c1-14(2,3)22-12(20)16-9-7-8-10(11(18)19)17-13(21)23-15(4,5)6/h10H,7-9H2,1-6H3,(H,16,20)(H,17,21)(H,18,19)/p-1/t10-/m0/s1. The van der Waals surface area contributed by atoms with E-state index in [0.29, 0.717) is 6.42 Å². The average Bonchev–Trinajstić information content (AvgIpc) is 2.27. The van der Waals surface area contributed by atoms with E-state index in [9.17, 15) is 19.5 Å². The zero-order valence-electron chi connectivity index (χ0n) is 14.6. The van der Waals surface area contributed by atoms with Gasteiger partial charge in [0, 0.05) is 6.54 Å². The van der Waals surface area contributed by atoms with Crippen LogP contribution in [0.4, 0.5) is 9.59 Å². The van der Waals surface area contributed by atoms with E-state index < -0.39 is 35.4 Å². The number of carboxylic acid groups (broad SMARTS) is 1. The van der Waals surface area contributed by atoms with Crippen LogP contribution >= 0.6 is 0 Å². The molecule has 0 fully saturated rings. The Morgan fingerprint density at radius 2 is 1.43 bits per heavy atom. The molecule has 0 spiro atoms. The molecule has 0 aliphatic heterocycles. The molecule has 0 heterocycles. The molecule has 0 saturated carbocycles. The van der Waals surface area contributed by atoms with E-state index in [1.165, 1.54) is 0 Å². The SMILES string of the molecule is CC(C)(C)OC(=O)NCCC[C@H](NC(=O)OC(C)(C)C)C(=O)[O-]. The fraction of sp³-hybridized carbons (Fsp3) is 0.800. The molecular formula is C15H27N2O6-. The topological polar surface area (TPSA) is 117 Å². The molecule has 8 nitrogen and oxygen atoms in total. The Bertz CT molecular complexity index is 423. The molecule has 2 amide bonds. The van der Waals surface area contributed by atoms with Gasteiger partial charge in [-0.2, -0.15) is 0 Å². The molecule has 0 bridgehead atoms. The lowest BCUT2D eigenvalue weighted by molar-refractivity contribution is -0.308. The van der Waals surface area contributed by atoms with Crippen molar-refractivity contribution in [3.05, 3.63) is 0 Å². The maximum atomic E-state index is 11.6. The first-order chi connectivity index (χ1) is 10.3. The number of rotatable bonds is 6. The lowest BCUT2D eigenvalue weighted by atomic mass is 10.1. The summed E-state index contributed by atoms with van der Waals surface area (Å²) >= 11 is 0. The zero-order valence-corrected chi connectivity index (χ0v) is 14.6. The van der Waals surface area contributed by atoms with Crippen molar-refractivity contribution in [2.24, 2.45) is 0 Å². The minimum absolute atomic E-state index is 0.0946. The molecule has 0 radical (unpaired) electrons. The highest BCUT2D eigenvalue weighted by atomic mass is 16.6. The van der Waals surface area contributed by atoms with Gasteiger partial charge in [0.15, 0.2) is 0 Å². The van der Waals surface area contributed by atoms with Gasteiger partial charge in [-0.25, -0.2) is 9.59 Å². The van der Waals surface area contributed by atoms with Gasteiger partial charge in [0.25, 0.3) is 0 Å². The molecule has 134 valence electrons. The van der Waals surface area contributed by atoms with Crippen LogP contribution in [0.2, 0.25) is 0 Å². The summed E-state index contributed by atoms with van der Waals surface area (Å²) in [5, 5.41) is 15.8. The average molecular weight is 331 g/mol. The summed E-state index contributed by atoms with van der Waals surface area (Å²) in [6.45, 7) is 10.5. The molecule has 1 atom stereocenters. The molecule has 0 aromatic heterocycles. The predicted octanol–water partition coefficient (Wildman–Crippen LogP) is 0.935. The van der Waals surface area contributed by atoms with Gasteiger partial charge >= 0.3 is 12.2 Å². The molecule has 0 aromatic rings. The van der Waals surface area contributed by atoms with E-state index in [-0.39, 0.29) is 13.0 Å². The van der Waals surface area contributed by atoms with Crippen LogP contribution in [0.5, 0.6) is 0 Å². The van der Waals surface area contributed by atoms with Crippen molar-refractivity contribution in [3.63, 3.8) is 0 Å². The Labute approximate surface area is 136 Å². The molecule has 0 aromatic carbocycles. The first-order valence-electron chi connectivity index (χ1n) is 7.47. The zero-order chi connectivity index (χ0) is 18.3. The number of hydrogen-bond donors (Lipinski definition) is 2. The van der Waals surface area contributed by atoms with Crippen LogP contribution < -0.4 is 15.7 Å². The second-order valence-corrected chi connectivity index (χ2v) is 7.09. The molecule has 8 heteroatoms. The normalized spacial score (nSPS) is 13.0. The van der Waals surface area contributed by atoms with E-state index in [2.05, 4.69) is 10.6 Å². The van der Waals surface area contributed by atoms with Crippen LogP contribution in [0.3, 0.4) is 0 Å². The number of alkyl carbamates (subject to hydrolysis) is 2. The number of hydrogen-bond acceptors (Lipinski definition) is 6. The first-order valence-corrected chi connectivity index (χ1v) is 7.47. The third-order valence-electron chi connectivity index (χ3n) is 2.31. The Hall–Kier alpha value is -1.99. The van der Waals surface area contributed by atoms with Crippen molar-refractivity contribution in [2.75, 3.05) is 6.54 Å². The van der Waals surface area contributed by atoms with Gasteiger partial charge in [-0.15, -0.1) is 0 Å². The van der Waals surface area contributed by atoms with E-state index in [1.54, 1.807) is 41.5 Å². The monoisotopic (exact) mass is 331 g/mol. The van der Waals surface area contributed by atoms with Crippen LogP contribution in [0.15, 0.2) is 0 Å². The van der Waals surface area contributed by atoms with Crippen molar-refractivity contribution >= 4 is 18.2 Å². The summed E-state index contributed by atoms with van der Waals surface area (Å²) in [4.78, 5) is 34.0. The number of carbonyl (C=O) groups is 3. The fourth-order valence-corrected chi connectivity index (χ4v) is 1.51. The van der Waals surface area contributed by atoms with Crippen LogP contribution in [-0.2, 0) is 14.3 Å². The minimum Gasteiger partial charge on any atom is -0.548 e. The van der Waals surface area contributed by atoms with Gasteiger partial charge in [-0.3, -0.25) is 0 Å². The predicted molar refractivity (Wildman–Crippen MR) is 81.6 cm³/mol. The number of carboxylic acids is 1. The van der Waals surface area contributed by atoms with Gasteiger partial charge in [0.05, 0.1) is 12.0 Å². The first kappa shape index (κ1) is 21.0. The molecule has 0 rings (SSSR count). The van der Waals surface area contributed by atoms with E-state index in [0.717, 1.165) is 0 Å². The molecule has 0 saturated heterocycles. The number of nitrogens with one attached hydrogen (secondary N) is 2. The smallest absolute Gasteiger partial charge is 0.408 e. The number of aliphatic carboxylic acids is 1. The fourth-order valence-electron chi connectivity index (χ4n) is 1.51. The van der Waals surface area contributed by atoms with E-state index >= 15 is 0 Å². The molecule has 23 heavy (non-hydrogen) atoms. The van der Waals surface area contributed by atoms with Crippen molar-refractivity contribution in [1.29, 1.82) is 0 Å². The highest BCUT2D eigenvalue weighted by molar-refractivity contribution is 5.78. The Kier molecular flexibility index (Phi) is 7.85. The van der Waals surface area contributed by atoms with Gasteiger partial charge in [-0.05, 0) is 54.4 Å². The summed E-state index contributed by atoms with van der Waals surface area (Å²) in [7, 11) is 0. The largest absolute Gasteiger partial charge is 0.548 e. The van der Waals surface area contributed by atoms with Gasteiger partial charge < -0.3 is 30.0 Å². The molecule has 0 unspecified atom stereocenters. The van der Waals surface area contributed by atoms with Gasteiger partial charge in [-0.1, -0.05) is 0 Å². The van der Waals surface area contributed by atoms with Crippen LogP contribution in [0, 0.1) is 0 Å². The van der Waals surface area contributed by atoms with Crippen LogP contribution in [0.25, 0.3) is 0 Å². The maximum Gasteiger partial charge on any atom is 0.408 e. The third-order valence-corrected chi connectivity index (χ3v) is 2.31. The Morgan fingerprint density at radius 3 is 1.87 bits per heavy atom. The lowest BCUT2D eigenvalue weighted by Gasteiger charge is -2.24. The van der Waals surface area contributed by atoms with Gasteiger partial charge in [0.2, 0.25) is 0 Å². The van der Waals surface area contributed by atoms with E-state index in [1.807, 2.05) is 0 Å². The summed E-state index contributed by atoms with van der Waals surface area (Å²) in [5.41, 5.74) is -1.32. The maximum absolute atomic E-state index is 11.6. The molecular weight excluding hydrogens is 304 g/mol. The van der Waals surface area contributed by atoms with Crippen LogP contribution in [0.1, 0.15) is 54.4 Å². The lowest BCUT2D eigenvalue weighted by Crippen LogP contribution is -2.49. The van der Waals surface area contributed by atoms with Crippen molar-refractivity contribution in [2.45, 2.75) is 71.6 Å². The molecule has 0 aliphatic carbocycles. The van der Waals surface area contributed by atoms with Gasteiger partial charge in [0.1, 0.15) is 11.2 Å². The third kappa shape index (κ3) is 12.3. The number of carbonyl (C=O) groups excluding carboxylic acids is 3. The number of amides is 2. The summed E-state index contributed by atoms with van der Waals surface area (Å²) in [6.07, 6.45) is -0.986. The van der Waals surface area contributed by atoms with Crippen molar-refractivity contribution in [1.82, 2.24) is 10.6 Å². The van der Waals surface area contributed by atoms with E-state index in [4.69, 9.17) is 9.47 Å². The van der Waals surface area contributed by atoms with Crippen LogP contribution in [-0.4, -0.2) is 41.9 Å². The molecule has 0 aliphatic rings. The van der Waals surface area contributed by atoms with Crippen molar-refractivity contribution in [3.8, 4) is 0 Å². The molecule has 2 N–H and O–H groups in total. The summed E-state index contributed by atoms with van der Waals surface area (Å²) in [6, 6.07) is -1.19. The highest BCUT2D eigenvalue weighted by Crippen LogP contribution is 2.08.